The highest BCUT2D eigenvalue weighted by atomic mass is 35.5. The lowest BCUT2D eigenvalue weighted by Crippen LogP contribution is -2.51. The maximum Gasteiger partial charge on any atom is 0.331 e. The summed E-state index contributed by atoms with van der Waals surface area (Å²) in [6.07, 6.45) is 0.620. The zero-order chi connectivity index (χ0) is 20.4. The van der Waals surface area contributed by atoms with Crippen LogP contribution in [0.2, 0.25) is 5.02 Å². The zero-order valence-corrected chi connectivity index (χ0v) is 16.7. The van der Waals surface area contributed by atoms with E-state index < -0.39 is 5.69 Å². The molecule has 1 fully saturated rings. The molecule has 150 valence electrons. The second kappa shape index (κ2) is 8.18. The Kier molecular flexibility index (Phi) is 5.88. The molecule has 2 heterocycles. The van der Waals surface area contributed by atoms with Gasteiger partial charge in [-0.1, -0.05) is 18.5 Å². The molecule has 0 atom stereocenters. The average Bonchev–Trinajstić information content (AvgIpc) is 2.68. The Morgan fingerprint density at radius 3 is 2.29 bits per heavy atom. The normalized spacial score (nSPS) is 14.5. The van der Waals surface area contributed by atoms with E-state index in [1.807, 2.05) is 6.92 Å². The van der Waals surface area contributed by atoms with Crippen LogP contribution in [-0.4, -0.2) is 56.9 Å². The van der Waals surface area contributed by atoms with Crippen LogP contribution in [0.3, 0.4) is 0 Å². The summed E-state index contributed by atoms with van der Waals surface area (Å²) in [6, 6.07) is 4.72. The minimum Gasteiger partial charge on any atom is -0.339 e. The monoisotopic (exact) mass is 406 g/mol. The summed E-state index contributed by atoms with van der Waals surface area (Å²) in [4.78, 5) is 53.2. The first-order valence-corrected chi connectivity index (χ1v) is 9.67. The molecule has 1 aromatic carbocycles. The largest absolute Gasteiger partial charge is 0.339 e. The van der Waals surface area contributed by atoms with Crippen LogP contribution >= 0.6 is 11.6 Å². The fraction of sp³-hybridized carbons (Fsp3) is 0.474. The Bertz CT molecular complexity index is 1030. The molecule has 0 spiro atoms. The van der Waals surface area contributed by atoms with Gasteiger partial charge in [-0.25, -0.2) is 4.79 Å². The smallest absolute Gasteiger partial charge is 0.331 e. The first-order chi connectivity index (χ1) is 13.3. The molecule has 0 aliphatic carbocycles. The number of carbonyl (C=O) groups is 2. The zero-order valence-electron chi connectivity index (χ0n) is 16.0. The lowest BCUT2D eigenvalue weighted by atomic mass is 10.2. The Balaban J connectivity index is 1.97. The molecule has 1 aliphatic heterocycles. The molecule has 0 bridgehead atoms. The average molecular weight is 407 g/mol. The van der Waals surface area contributed by atoms with Crippen molar-refractivity contribution in [2.24, 2.45) is 0 Å². The van der Waals surface area contributed by atoms with Crippen molar-refractivity contribution in [3.8, 4) is 0 Å². The quantitative estimate of drug-likeness (QED) is 0.755. The third-order valence-corrected chi connectivity index (χ3v) is 5.24. The van der Waals surface area contributed by atoms with E-state index in [1.54, 1.807) is 21.9 Å². The Labute approximate surface area is 166 Å². The van der Waals surface area contributed by atoms with Gasteiger partial charge in [-0.3, -0.25) is 23.5 Å². The Morgan fingerprint density at radius 1 is 1.04 bits per heavy atom. The number of nitrogens with zero attached hydrogens (tertiary/aromatic N) is 4. The van der Waals surface area contributed by atoms with Gasteiger partial charge in [-0.2, -0.15) is 0 Å². The van der Waals surface area contributed by atoms with Crippen LogP contribution in [0.5, 0.6) is 0 Å². The van der Waals surface area contributed by atoms with Crippen LogP contribution in [0, 0.1) is 0 Å². The SMILES string of the molecule is CCCn1c(=O)c2ccc(Cl)cc2n(CC(=O)N2CCN(C(C)=O)CC2)c1=O. The predicted octanol–water partition coefficient (Wildman–Crippen LogP) is 0.917. The van der Waals surface area contributed by atoms with E-state index in [2.05, 4.69) is 0 Å². The topological polar surface area (TPSA) is 84.6 Å². The molecule has 2 aromatic rings. The molecule has 1 aliphatic rings. The van der Waals surface area contributed by atoms with Crippen molar-refractivity contribution in [3.05, 3.63) is 44.1 Å². The van der Waals surface area contributed by atoms with E-state index in [0.29, 0.717) is 48.5 Å². The van der Waals surface area contributed by atoms with Crippen molar-refractivity contribution in [2.45, 2.75) is 33.4 Å². The maximum absolute atomic E-state index is 12.9. The second-order valence-corrected chi connectivity index (χ2v) is 7.31. The summed E-state index contributed by atoms with van der Waals surface area (Å²) in [5.74, 6) is -0.246. The molecule has 0 unspecified atom stereocenters. The summed E-state index contributed by atoms with van der Waals surface area (Å²) in [7, 11) is 0. The van der Waals surface area contributed by atoms with Crippen LogP contribution in [0.15, 0.2) is 27.8 Å². The van der Waals surface area contributed by atoms with E-state index in [9.17, 15) is 19.2 Å². The number of benzene rings is 1. The van der Waals surface area contributed by atoms with Crippen LogP contribution < -0.4 is 11.2 Å². The number of amides is 2. The molecule has 1 saturated heterocycles. The highest BCUT2D eigenvalue weighted by Gasteiger charge is 2.24. The minimum atomic E-state index is -0.516. The van der Waals surface area contributed by atoms with Gasteiger partial charge >= 0.3 is 5.69 Å². The van der Waals surface area contributed by atoms with Gasteiger partial charge in [0.05, 0.1) is 10.9 Å². The molecule has 0 N–H and O–H groups in total. The van der Waals surface area contributed by atoms with Crippen LogP contribution in [-0.2, 0) is 22.7 Å². The fourth-order valence-electron chi connectivity index (χ4n) is 3.47. The minimum absolute atomic E-state index is 0.0180. The number of hydrogen-bond acceptors (Lipinski definition) is 4. The van der Waals surface area contributed by atoms with Crippen molar-refractivity contribution < 1.29 is 9.59 Å². The molecule has 2 amide bonds. The van der Waals surface area contributed by atoms with Gasteiger partial charge in [0.1, 0.15) is 6.54 Å². The van der Waals surface area contributed by atoms with E-state index in [4.69, 9.17) is 11.6 Å². The van der Waals surface area contributed by atoms with Crippen LogP contribution in [0.4, 0.5) is 0 Å². The highest BCUT2D eigenvalue weighted by Crippen LogP contribution is 2.16. The molecular weight excluding hydrogens is 384 g/mol. The van der Waals surface area contributed by atoms with Crippen LogP contribution in [0.1, 0.15) is 20.3 Å². The van der Waals surface area contributed by atoms with Crippen molar-refractivity contribution in [3.63, 3.8) is 0 Å². The van der Waals surface area contributed by atoms with Crippen molar-refractivity contribution in [1.82, 2.24) is 18.9 Å². The Morgan fingerprint density at radius 2 is 1.68 bits per heavy atom. The van der Waals surface area contributed by atoms with Crippen molar-refractivity contribution >= 4 is 34.3 Å². The first kappa shape index (κ1) is 20.1. The number of fused-ring (bicyclic) bond motifs is 1. The van der Waals surface area contributed by atoms with Gasteiger partial charge in [0.15, 0.2) is 0 Å². The van der Waals surface area contributed by atoms with E-state index in [1.165, 1.54) is 17.6 Å². The molecule has 9 heteroatoms. The maximum atomic E-state index is 12.9. The number of piperazine rings is 1. The molecule has 28 heavy (non-hydrogen) atoms. The number of carbonyl (C=O) groups excluding carboxylic acids is 2. The van der Waals surface area contributed by atoms with Crippen molar-refractivity contribution in [1.29, 1.82) is 0 Å². The summed E-state index contributed by atoms with van der Waals surface area (Å²) in [6.45, 7) is 5.25. The van der Waals surface area contributed by atoms with E-state index in [-0.39, 0.29) is 30.5 Å². The number of halogens is 1. The standard InChI is InChI=1S/C19H23ClN4O4/c1-3-6-23-18(27)15-5-4-14(20)11-16(15)24(19(23)28)12-17(26)22-9-7-21(8-10-22)13(2)25/h4-5,11H,3,6-10,12H2,1-2H3. The summed E-state index contributed by atoms with van der Waals surface area (Å²) >= 11 is 6.07. The van der Waals surface area contributed by atoms with Gasteiger partial charge in [0.2, 0.25) is 11.8 Å². The molecular formula is C19H23ClN4O4. The van der Waals surface area contributed by atoms with E-state index in [0.717, 1.165) is 4.57 Å². The Hall–Kier alpha value is -2.61. The van der Waals surface area contributed by atoms with Gasteiger partial charge in [0.25, 0.3) is 5.56 Å². The van der Waals surface area contributed by atoms with Gasteiger partial charge in [-0.15, -0.1) is 0 Å². The molecule has 3 rings (SSSR count). The van der Waals surface area contributed by atoms with E-state index >= 15 is 0 Å². The number of aromatic nitrogens is 2. The lowest BCUT2D eigenvalue weighted by molar-refractivity contribution is -0.138. The molecule has 1 aromatic heterocycles. The third-order valence-electron chi connectivity index (χ3n) is 5.01. The first-order valence-electron chi connectivity index (χ1n) is 9.29. The second-order valence-electron chi connectivity index (χ2n) is 6.87. The van der Waals surface area contributed by atoms with Crippen LogP contribution in [0.25, 0.3) is 10.9 Å². The van der Waals surface area contributed by atoms with Crippen molar-refractivity contribution in [2.75, 3.05) is 26.2 Å². The van der Waals surface area contributed by atoms with Gasteiger partial charge in [-0.05, 0) is 24.6 Å². The van der Waals surface area contributed by atoms with Gasteiger partial charge in [0, 0.05) is 44.7 Å². The summed E-state index contributed by atoms with van der Waals surface area (Å²) in [5, 5.41) is 0.738. The van der Waals surface area contributed by atoms with Gasteiger partial charge < -0.3 is 9.80 Å². The number of rotatable bonds is 4. The molecule has 0 saturated carbocycles. The highest BCUT2D eigenvalue weighted by molar-refractivity contribution is 6.31. The predicted molar refractivity (Wildman–Crippen MR) is 107 cm³/mol. The molecule has 8 nitrogen and oxygen atoms in total. The fourth-order valence-corrected chi connectivity index (χ4v) is 3.64. The summed E-state index contributed by atoms with van der Waals surface area (Å²) in [5.41, 5.74) is -0.541. The molecule has 0 radical (unpaired) electrons. The number of hydrogen-bond donors (Lipinski definition) is 0. The summed E-state index contributed by atoms with van der Waals surface area (Å²) < 4.78 is 2.48. The lowest BCUT2D eigenvalue weighted by Gasteiger charge is -2.34. The third kappa shape index (κ3) is 3.82.